The fourth-order valence-corrected chi connectivity index (χ4v) is 4.00. The number of phenols is 1. The van der Waals surface area contributed by atoms with Gasteiger partial charge in [-0.3, -0.25) is 19.3 Å². The summed E-state index contributed by atoms with van der Waals surface area (Å²) in [6.45, 7) is 4.73. The zero-order valence-corrected chi connectivity index (χ0v) is 20.9. The summed E-state index contributed by atoms with van der Waals surface area (Å²) in [5, 5.41) is 10.7. The fraction of sp³-hybridized carbons (Fsp3) is 0.400. The van der Waals surface area contributed by atoms with E-state index in [1.165, 1.54) is 25.2 Å². The number of phenolic OH excluding ortho intramolecular Hbond substituents is 1. The van der Waals surface area contributed by atoms with Crippen LogP contribution in [-0.2, 0) is 28.6 Å². The van der Waals surface area contributed by atoms with E-state index in [4.69, 9.17) is 30.5 Å². The minimum absolute atomic E-state index is 0.133. The minimum atomic E-state index is -1.31. The number of hydrogen-bond acceptors (Lipinski definition) is 8. The molecule has 0 unspecified atom stereocenters. The maximum absolute atomic E-state index is 13.6. The monoisotopic (exact) mass is 505 g/mol. The Hall–Kier alpha value is -3.30. The van der Waals surface area contributed by atoms with Crippen LogP contribution in [0.15, 0.2) is 36.4 Å². The second-order valence-corrected chi connectivity index (χ2v) is 9.34. The molecule has 1 aliphatic heterocycles. The molecule has 1 amide bonds. The molecule has 1 N–H and O–H groups in total. The third-order valence-corrected chi connectivity index (χ3v) is 5.44. The van der Waals surface area contributed by atoms with Gasteiger partial charge in [0.25, 0.3) is 5.91 Å². The van der Waals surface area contributed by atoms with E-state index in [1.54, 1.807) is 51.1 Å². The normalized spacial score (nSPS) is 17.9. The number of amides is 1. The molecular weight excluding hydrogens is 478 g/mol. The van der Waals surface area contributed by atoms with Gasteiger partial charge in [-0.15, -0.1) is 0 Å². The molecule has 2 aromatic rings. The SMILES string of the molecule is COC(=O)C[C@H]1O[C@H](c2cccc(O)c2OC)c2cc(Cl)ccc2N(CC(=O)OC(C)(C)C)C1=O. The molecule has 0 bridgehead atoms. The Morgan fingerprint density at radius 3 is 2.46 bits per heavy atom. The highest BCUT2D eigenvalue weighted by atomic mass is 35.5. The van der Waals surface area contributed by atoms with Gasteiger partial charge in [0.15, 0.2) is 11.5 Å². The molecule has 3 rings (SSSR count). The number of carbonyl (C=O) groups excluding carboxylic acids is 3. The van der Waals surface area contributed by atoms with Gasteiger partial charge in [-0.2, -0.15) is 0 Å². The average molecular weight is 506 g/mol. The predicted molar refractivity (Wildman–Crippen MR) is 128 cm³/mol. The summed E-state index contributed by atoms with van der Waals surface area (Å²) in [4.78, 5) is 39.7. The molecule has 2 aromatic carbocycles. The molecule has 0 fully saturated rings. The van der Waals surface area contributed by atoms with Gasteiger partial charge in [-0.25, -0.2) is 0 Å². The number of para-hydroxylation sites is 1. The third kappa shape index (κ3) is 6.04. The molecule has 188 valence electrons. The number of ether oxygens (including phenoxy) is 4. The lowest BCUT2D eigenvalue weighted by molar-refractivity contribution is -0.154. The van der Waals surface area contributed by atoms with Crippen molar-refractivity contribution in [3.05, 3.63) is 52.5 Å². The Kier molecular flexibility index (Phi) is 7.92. The van der Waals surface area contributed by atoms with E-state index in [-0.39, 0.29) is 11.5 Å². The number of benzene rings is 2. The van der Waals surface area contributed by atoms with Crippen molar-refractivity contribution in [1.82, 2.24) is 0 Å². The average Bonchev–Trinajstić information content (AvgIpc) is 2.88. The first kappa shape index (κ1) is 26.3. The second kappa shape index (κ2) is 10.5. The quantitative estimate of drug-likeness (QED) is 0.590. The first-order valence-corrected chi connectivity index (χ1v) is 11.2. The van der Waals surface area contributed by atoms with Crippen LogP contribution in [0, 0.1) is 0 Å². The van der Waals surface area contributed by atoms with Crippen molar-refractivity contribution in [2.75, 3.05) is 25.7 Å². The van der Waals surface area contributed by atoms with Crippen LogP contribution in [0.2, 0.25) is 5.02 Å². The molecule has 0 aliphatic carbocycles. The molecule has 9 nitrogen and oxygen atoms in total. The van der Waals surface area contributed by atoms with Crippen LogP contribution in [0.25, 0.3) is 0 Å². The molecule has 0 aromatic heterocycles. The smallest absolute Gasteiger partial charge is 0.326 e. The van der Waals surface area contributed by atoms with Gasteiger partial charge in [0.2, 0.25) is 0 Å². The fourth-order valence-electron chi connectivity index (χ4n) is 3.82. The van der Waals surface area contributed by atoms with Gasteiger partial charge in [0.05, 0.1) is 26.3 Å². The van der Waals surface area contributed by atoms with E-state index >= 15 is 0 Å². The lowest BCUT2D eigenvalue weighted by atomic mass is 9.98. The molecule has 10 heteroatoms. The van der Waals surface area contributed by atoms with E-state index < -0.39 is 48.6 Å². The zero-order valence-electron chi connectivity index (χ0n) is 20.2. The van der Waals surface area contributed by atoms with E-state index in [0.29, 0.717) is 21.8 Å². The first-order chi connectivity index (χ1) is 16.4. The topological polar surface area (TPSA) is 112 Å². The van der Waals surface area contributed by atoms with Crippen molar-refractivity contribution in [2.24, 2.45) is 0 Å². The molecule has 0 saturated heterocycles. The highest BCUT2D eigenvalue weighted by Gasteiger charge is 2.40. The molecule has 0 saturated carbocycles. The van der Waals surface area contributed by atoms with Crippen LogP contribution < -0.4 is 9.64 Å². The van der Waals surface area contributed by atoms with Crippen molar-refractivity contribution < 1.29 is 38.4 Å². The number of aromatic hydroxyl groups is 1. The maximum Gasteiger partial charge on any atom is 0.326 e. The van der Waals surface area contributed by atoms with E-state index in [0.717, 1.165) is 0 Å². The van der Waals surface area contributed by atoms with E-state index in [9.17, 15) is 19.5 Å². The van der Waals surface area contributed by atoms with Crippen molar-refractivity contribution >= 4 is 35.1 Å². The first-order valence-electron chi connectivity index (χ1n) is 10.9. The summed E-state index contributed by atoms with van der Waals surface area (Å²) >= 11 is 6.30. The van der Waals surface area contributed by atoms with Gasteiger partial charge >= 0.3 is 11.9 Å². The van der Waals surface area contributed by atoms with Crippen LogP contribution in [0.5, 0.6) is 11.5 Å². The highest BCUT2D eigenvalue weighted by Crippen LogP contribution is 2.44. The Bertz CT molecular complexity index is 1130. The molecule has 0 radical (unpaired) electrons. The zero-order chi connectivity index (χ0) is 25.9. The largest absolute Gasteiger partial charge is 0.504 e. The van der Waals surface area contributed by atoms with Crippen molar-refractivity contribution in [3.8, 4) is 11.5 Å². The summed E-state index contributed by atoms with van der Waals surface area (Å²) in [7, 11) is 2.59. The maximum atomic E-state index is 13.6. The van der Waals surface area contributed by atoms with Crippen LogP contribution in [-0.4, -0.2) is 55.4 Å². The summed E-state index contributed by atoms with van der Waals surface area (Å²) in [6.07, 6.45) is -2.69. The summed E-state index contributed by atoms with van der Waals surface area (Å²) in [5.41, 5.74) is 0.408. The Morgan fingerprint density at radius 1 is 1.11 bits per heavy atom. The van der Waals surface area contributed by atoms with Gasteiger partial charge in [-0.1, -0.05) is 23.7 Å². The Labute approximate surface area is 208 Å². The standard InChI is InChI=1S/C25H28ClNO8/c1-25(2,3)35-21(30)13-27-17-10-9-14(26)11-16(17)22(15-7-6-8-18(28)23(15)33-5)34-19(24(27)31)12-20(29)32-4/h6-11,19,22,28H,12-13H2,1-5H3/t19-,22-/m1/s1. The Morgan fingerprint density at radius 2 is 1.83 bits per heavy atom. The van der Waals surface area contributed by atoms with Crippen LogP contribution in [0.3, 0.4) is 0 Å². The number of rotatable bonds is 6. The molecule has 2 atom stereocenters. The van der Waals surface area contributed by atoms with Crippen LogP contribution in [0.4, 0.5) is 5.69 Å². The number of esters is 2. The van der Waals surface area contributed by atoms with Gasteiger partial charge in [0, 0.05) is 16.1 Å². The summed E-state index contributed by atoms with van der Waals surface area (Å²) in [6, 6.07) is 9.47. The van der Waals surface area contributed by atoms with Crippen LogP contribution >= 0.6 is 11.6 Å². The third-order valence-electron chi connectivity index (χ3n) is 5.20. The molecule has 0 spiro atoms. The molecule has 1 heterocycles. The number of nitrogens with zero attached hydrogens (tertiary/aromatic N) is 1. The van der Waals surface area contributed by atoms with E-state index in [1.807, 2.05) is 0 Å². The minimum Gasteiger partial charge on any atom is -0.504 e. The number of carbonyl (C=O) groups is 3. The summed E-state index contributed by atoms with van der Waals surface area (Å²) < 4.78 is 21.8. The van der Waals surface area contributed by atoms with E-state index in [2.05, 4.69) is 0 Å². The molecular formula is C25H28ClNO8. The highest BCUT2D eigenvalue weighted by molar-refractivity contribution is 6.30. The lowest BCUT2D eigenvalue weighted by Crippen LogP contribution is -2.44. The number of hydrogen-bond donors (Lipinski definition) is 1. The van der Waals surface area contributed by atoms with Gasteiger partial charge < -0.3 is 24.1 Å². The molecule has 35 heavy (non-hydrogen) atoms. The van der Waals surface area contributed by atoms with Crippen molar-refractivity contribution in [3.63, 3.8) is 0 Å². The second-order valence-electron chi connectivity index (χ2n) is 8.90. The number of fused-ring (bicyclic) bond motifs is 1. The summed E-state index contributed by atoms with van der Waals surface area (Å²) in [5.74, 6) is -1.95. The number of methoxy groups -OCH3 is 2. The van der Waals surface area contributed by atoms with Crippen molar-refractivity contribution in [2.45, 2.75) is 45.0 Å². The van der Waals surface area contributed by atoms with Gasteiger partial charge in [0.1, 0.15) is 24.4 Å². The van der Waals surface area contributed by atoms with Gasteiger partial charge in [-0.05, 0) is 45.0 Å². The lowest BCUT2D eigenvalue weighted by Gasteiger charge is -2.26. The Balaban J connectivity index is 2.19. The molecule has 1 aliphatic rings. The number of anilines is 1. The predicted octanol–water partition coefficient (Wildman–Crippen LogP) is 3.78. The number of halogens is 1. The van der Waals surface area contributed by atoms with Crippen molar-refractivity contribution in [1.29, 1.82) is 0 Å². The van der Waals surface area contributed by atoms with Crippen LogP contribution in [0.1, 0.15) is 44.4 Å².